The van der Waals surface area contributed by atoms with E-state index in [9.17, 15) is 14.4 Å². The molecule has 0 saturated carbocycles. The van der Waals surface area contributed by atoms with E-state index in [1.165, 1.54) is 12.1 Å². The molecule has 6 heteroatoms. The Labute approximate surface area is 175 Å². The Morgan fingerprint density at radius 3 is 2.62 bits per heavy atom. The van der Waals surface area contributed by atoms with Crippen molar-refractivity contribution < 1.29 is 9.18 Å². The van der Waals surface area contributed by atoms with Crippen LogP contribution < -0.4 is 10.2 Å². The van der Waals surface area contributed by atoms with E-state index in [1.807, 2.05) is 13.1 Å². The van der Waals surface area contributed by atoms with Gasteiger partial charge in [0.25, 0.3) is 5.91 Å². The van der Waals surface area contributed by atoms with Gasteiger partial charge in [-0.25, -0.2) is 4.39 Å². The number of carbonyl (C=O) groups excluding carboxylic acids is 1. The molecule has 1 N–H and O–H groups in total. The maximum atomic E-state index is 14.8. The highest BCUT2D eigenvalue weighted by Crippen LogP contribution is 2.43. The van der Waals surface area contributed by atoms with Crippen LogP contribution in [0.4, 0.5) is 15.8 Å². The number of rotatable bonds is 3. The van der Waals surface area contributed by atoms with Crippen LogP contribution in [-0.4, -0.2) is 18.5 Å². The summed E-state index contributed by atoms with van der Waals surface area (Å²) in [6.07, 6.45) is 2.22. The van der Waals surface area contributed by atoms with Crippen molar-refractivity contribution in [3.63, 3.8) is 0 Å². The van der Waals surface area contributed by atoms with Crippen molar-refractivity contribution in [2.75, 3.05) is 17.3 Å². The Hall–Kier alpha value is -2.84. The zero-order chi connectivity index (χ0) is 21.3. The topological polar surface area (TPSA) is 56.1 Å². The van der Waals surface area contributed by atoms with E-state index >= 15 is 0 Å². The van der Waals surface area contributed by atoms with Crippen LogP contribution in [-0.2, 0) is 4.79 Å². The van der Waals surface area contributed by atoms with Gasteiger partial charge >= 0.3 is 0 Å². The second-order valence-electron chi connectivity index (χ2n) is 8.04. The second kappa shape index (κ2) is 7.88. The largest absolute Gasteiger partial charge is 0.369 e. The van der Waals surface area contributed by atoms with Crippen molar-refractivity contribution >= 4 is 35.0 Å². The third kappa shape index (κ3) is 4.28. The van der Waals surface area contributed by atoms with Gasteiger partial charge in [0.05, 0.1) is 0 Å². The summed E-state index contributed by atoms with van der Waals surface area (Å²) in [5, 5.41) is 12.6. The summed E-state index contributed by atoms with van der Waals surface area (Å²) in [6.45, 7) is 6.37. The van der Waals surface area contributed by atoms with Gasteiger partial charge in [0, 0.05) is 34.5 Å². The van der Waals surface area contributed by atoms with Crippen LogP contribution in [0.1, 0.15) is 44.2 Å². The molecule has 2 aromatic rings. The first-order valence-corrected chi connectivity index (χ1v) is 9.76. The predicted octanol–water partition coefficient (Wildman–Crippen LogP) is 5.75. The SMILES string of the molecule is CC1CC(C)(C)N(C)c2cc(F)c(/C=C(\C#N)C(=O)Nc3ccc(Cl)cc3)cc21. The molecule has 2 aromatic carbocycles. The number of benzene rings is 2. The zero-order valence-electron chi connectivity index (χ0n) is 16.9. The second-order valence-corrected chi connectivity index (χ2v) is 8.48. The number of nitrogens with one attached hydrogen (secondary N) is 1. The maximum absolute atomic E-state index is 14.8. The summed E-state index contributed by atoms with van der Waals surface area (Å²) >= 11 is 5.84. The molecule has 4 nitrogen and oxygen atoms in total. The normalized spacial score (nSPS) is 18.0. The highest BCUT2D eigenvalue weighted by Gasteiger charge is 2.34. The van der Waals surface area contributed by atoms with Gasteiger partial charge in [-0.2, -0.15) is 5.26 Å². The third-order valence-electron chi connectivity index (χ3n) is 5.52. The molecule has 1 aliphatic heterocycles. The van der Waals surface area contributed by atoms with E-state index in [2.05, 4.69) is 31.0 Å². The molecule has 0 aromatic heterocycles. The van der Waals surface area contributed by atoms with Gasteiger partial charge < -0.3 is 10.2 Å². The maximum Gasteiger partial charge on any atom is 0.266 e. The number of carbonyl (C=O) groups is 1. The van der Waals surface area contributed by atoms with Gasteiger partial charge in [-0.1, -0.05) is 18.5 Å². The van der Waals surface area contributed by atoms with Gasteiger partial charge in [-0.3, -0.25) is 4.79 Å². The first-order valence-electron chi connectivity index (χ1n) is 9.38. The monoisotopic (exact) mass is 411 g/mol. The summed E-state index contributed by atoms with van der Waals surface area (Å²) < 4.78 is 14.8. The Bertz CT molecular complexity index is 1020. The Morgan fingerprint density at radius 2 is 2.00 bits per heavy atom. The average Bonchev–Trinajstić information content (AvgIpc) is 2.66. The highest BCUT2D eigenvalue weighted by atomic mass is 35.5. The number of anilines is 2. The molecule has 0 spiro atoms. The molecule has 1 unspecified atom stereocenters. The fourth-order valence-electron chi connectivity index (χ4n) is 3.75. The quantitative estimate of drug-likeness (QED) is 0.517. The van der Waals surface area contributed by atoms with Crippen molar-refractivity contribution in [1.82, 2.24) is 0 Å². The van der Waals surface area contributed by atoms with E-state index in [1.54, 1.807) is 30.3 Å². The van der Waals surface area contributed by atoms with Crippen LogP contribution in [0.15, 0.2) is 42.0 Å². The van der Waals surface area contributed by atoms with Gasteiger partial charge in [-0.05, 0) is 74.2 Å². The molecule has 1 aliphatic rings. The molecule has 3 rings (SSSR count). The van der Waals surface area contributed by atoms with E-state index < -0.39 is 11.7 Å². The molecule has 1 heterocycles. The van der Waals surface area contributed by atoms with Gasteiger partial charge in [-0.15, -0.1) is 0 Å². The highest BCUT2D eigenvalue weighted by molar-refractivity contribution is 6.30. The smallest absolute Gasteiger partial charge is 0.266 e. The Morgan fingerprint density at radius 1 is 1.34 bits per heavy atom. The average molecular weight is 412 g/mol. The molecule has 0 radical (unpaired) electrons. The molecule has 0 saturated heterocycles. The number of fused-ring (bicyclic) bond motifs is 1. The fraction of sp³-hybridized carbons (Fsp3) is 0.304. The zero-order valence-corrected chi connectivity index (χ0v) is 17.6. The van der Waals surface area contributed by atoms with Crippen molar-refractivity contribution in [3.8, 4) is 6.07 Å². The fourth-order valence-corrected chi connectivity index (χ4v) is 3.88. The van der Waals surface area contributed by atoms with Gasteiger partial charge in [0.15, 0.2) is 0 Å². The molecule has 29 heavy (non-hydrogen) atoms. The van der Waals surface area contributed by atoms with E-state index in [4.69, 9.17) is 11.6 Å². The Kier molecular flexibility index (Phi) is 5.68. The number of hydrogen-bond acceptors (Lipinski definition) is 3. The van der Waals surface area contributed by atoms with Crippen LogP contribution in [0.25, 0.3) is 6.08 Å². The third-order valence-corrected chi connectivity index (χ3v) is 5.77. The van der Waals surface area contributed by atoms with Crippen LogP contribution in [0.3, 0.4) is 0 Å². The minimum absolute atomic E-state index is 0.0769. The molecular weight excluding hydrogens is 389 g/mol. The molecule has 0 fully saturated rings. The first-order chi connectivity index (χ1) is 13.6. The van der Waals surface area contributed by atoms with Gasteiger partial charge in [0.1, 0.15) is 17.5 Å². The molecule has 1 atom stereocenters. The molecular formula is C23H23ClFN3O. The lowest BCUT2D eigenvalue weighted by Gasteiger charge is -2.45. The molecule has 0 bridgehead atoms. The van der Waals surface area contributed by atoms with E-state index in [0.29, 0.717) is 10.7 Å². The lowest BCUT2D eigenvalue weighted by molar-refractivity contribution is -0.112. The number of nitrogens with zero attached hydrogens (tertiary/aromatic N) is 2. The molecule has 0 aliphatic carbocycles. The first kappa shape index (κ1) is 20.9. The number of amides is 1. The van der Waals surface area contributed by atoms with Gasteiger partial charge in [0.2, 0.25) is 0 Å². The van der Waals surface area contributed by atoms with Crippen molar-refractivity contribution in [3.05, 3.63) is 63.9 Å². The summed E-state index contributed by atoms with van der Waals surface area (Å²) in [5.41, 5.74) is 2.33. The number of nitriles is 1. The number of halogens is 2. The minimum atomic E-state index is -0.599. The van der Waals surface area contributed by atoms with E-state index in [0.717, 1.165) is 17.7 Å². The standard InChI is InChI=1S/C23H23ClFN3O/c1-14-12-23(2,3)28(4)21-11-20(25)15(10-19(14)21)9-16(13-26)22(29)27-18-7-5-17(24)6-8-18/h5-11,14H,12H2,1-4H3,(H,27,29)/b16-9+. The lowest BCUT2D eigenvalue weighted by Crippen LogP contribution is -2.45. The summed E-state index contributed by atoms with van der Waals surface area (Å²) in [6, 6.07) is 11.6. The van der Waals surface area contributed by atoms with Crippen molar-refractivity contribution in [2.45, 2.75) is 38.6 Å². The van der Waals surface area contributed by atoms with Crippen LogP contribution >= 0.6 is 11.6 Å². The van der Waals surface area contributed by atoms with E-state index in [-0.39, 0.29) is 22.6 Å². The van der Waals surface area contributed by atoms with Crippen LogP contribution in [0.5, 0.6) is 0 Å². The summed E-state index contributed by atoms with van der Waals surface area (Å²) in [4.78, 5) is 14.5. The van der Waals surface area contributed by atoms with Crippen molar-refractivity contribution in [1.29, 1.82) is 5.26 Å². The predicted molar refractivity (Wildman–Crippen MR) is 116 cm³/mol. The van der Waals surface area contributed by atoms with Crippen LogP contribution in [0, 0.1) is 17.1 Å². The molecule has 150 valence electrons. The Balaban J connectivity index is 1.94. The minimum Gasteiger partial charge on any atom is -0.369 e. The lowest BCUT2D eigenvalue weighted by atomic mass is 9.80. The van der Waals surface area contributed by atoms with Crippen molar-refractivity contribution in [2.24, 2.45) is 0 Å². The summed E-state index contributed by atoms with van der Waals surface area (Å²) in [7, 11) is 1.96. The number of hydrogen-bond donors (Lipinski definition) is 1. The van der Waals surface area contributed by atoms with Crippen LogP contribution in [0.2, 0.25) is 5.02 Å². The molecule has 1 amide bonds. The summed E-state index contributed by atoms with van der Waals surface area (Å²) in [5.74, 6) is -0.830.